The van der Waals surface area contributed by atoms with E-state index in [0.717, 1.165) is 16.0 Å². The molecule has 180 valence electrons. The zero-order valence-electron chi connectivity index (χ0n) is 18.2. The number of nitro groups is 1. The van der Waals surface area contributed by atoms with E-state index < -0.39 is 27.9 Å². The number of benzene rings is 2. The highest BCUT2D eigenvalue weighted by molar-refractivity contribution is 7.24. The predicted octanol–water partition coefficient (Wildman–Crippen LogP) is 3.19. The lowest BCUT2D eigenvalue weighted by Gasteiger charge is -2.29. The first-order valence-corrected chi connectivity index (χ1v) is 11.5. The number of hydrogen-bond donors (Lipinski definition) is 2. The molecule has 0 bridgehead atoms. The van der Waals surface area contributed by atoms with E-state index >= 15 is 0 Å². The molecule has 0 atom stereocenters. The Hall–Kier alpha value is -4.78. The molecule has 0 fully saturated rings. The molecule has 36 heavy (non-hydrogen) atoms. The second-order valence-corrected chi connectivity index (χ2v) is 9.33. The Balaban J connectivity index is 1.64. The van der Waals surface area contributed by atoms with Crippen molar-refractivity contribution in [1.82, 2.24) is 14.0 Å². The summed E-state index contributed by atoms with van der Waals surface area (Å²) in [5.74, 6) is -2.15. The minimum atomic E-state index is -1.38. The van der Waals surface area contributed by atoms with Gasteiger partial charge in [0.25, 0.3) is 5.69 Å². The number of hydrogen-bond acceptors (Lipinski definition) is 8. The minimum absolute atomic E-state index is 0.0363. The number of nitro benzene ring substituents is 1. The number of carbonyl (C=O) groups is 2. The molecule has 0 aliphatic carbocycles. The van der Waals surface area contributed by atoms with E-state index in [1.165, 1.54) is 18.3 Å². The molecule has 0 spiro atoms. The lowest BCUT2D eigenvalue weighted by atomic mass is 10.1. The third-order valence-corrected chi connectivity index (χ3v) is 7.45. The van der Waals surface area contributed by atoms with Crippen LogP contribution in [0.1, 0.15) is 26.7 Å². The normalized spacial score (nSPS) is 13.4. The molecule has 12 nitrogen and oxygen atoms in total. The molecule has 3 aromatic heterocycles. The topological polar surface area (TPSA) is 160 Å². The zero-order valence-corrected chi connectivity index (χ0v) is 19.1. The van der Waals surface area contributed by atoms with Crippen LogP contribution in [-0.2, 0) is 13.1 Å². The molecule has 1 aliphatic rings. The number of para-hydroxylation sites is 1. The number of pyridine rings is 1. The number of imidazole rings is 1. The van der Waals surface area contributed by atoms with Crippen molar-refractivity contribution in [3.63, 3.8) is 0 Å². The second-order valence-electron chi connectivity index (χ2n) is 8.30. The number of carboxylic acids is 2. The first-order chi connectivity index (χ1) is 17.2. The summed E-state index contributed by atoms with van der Waals surface area (Å²) >= 11 is 1.13. The van der Waals surface area contributed by atoms with Crippen molar-refractivity contribution < 1.29 is 24.7 Å². The van der Waals surface area contributed by atoms with E-state index in [0.29, 0.717) is 24.4 Å². The van der Waals surface area contributed by atoms with Crippen LogP contribution in [0.15, 0.2) is 47.4 Å². The molecule has 5 aromatic rings. The summed E-state index contributed by atoms with van der Waals surface area (Å²) < 4.78 is 3.99. The minimum Gasteiger partial charge on any atom is -0.477 e. The Morgan fingerprint density at radius 2 is 1.86 bits per heavy atom. The van der Waals surface area contributed by atoms with Gasteiger partial charge in [-0.3, -0.25) is 19.3 Å². The van der Waals surface area contributed by atoms with Gasteiger partial charge < -0.3 is 19.7 Å². The van der Waals surface area contributed by atoms with Crippen LogP contribution in [0.4, 0.5) is 11.4 Å². The first kappa shape index (κ1) is 21.7. The van der Waals surface area contributed by atoms with E-state index in [2.05, 4.69) is 4.98 Å². The molecule has 0 unspecified atom stereocenters. The van der Waals surface area contributed by atoms with Gasteiger partial charge in [0.1, 0.15) is 21.9 Å². The highest BCUT2D eigenvalue weighted by Gasteiger charge is 2.29. The summed E-state index contributed by atoms with van der Waals surface area (Å²) in [6.45, 7) is 0.709. The molecule has 0 radical (unpaired) electrons. The van der Waals surface area contributed by atoms with Crippen molar-refractivity contribution >= 4 is 60.6 Å². The monoisotopic (exact) mass is 505 g/mol. The van der Waals surface area contributed by atoms with E-state index in [9.17, 15) is 34.7 Å². The van der Waals surface area contributed by atoms with Crippen molar-refractivity contribution in [2.24, 2.45) is 0 Å². The van der Waals surface area contributed by atoms with E-state index in [1.54, 1.807) is 38.1 Å². The van der Waals surface area contributed by atoms with Gasteiger partial charge in [0.15, 0.2) is 5.69 Å². The van der Waals surface area contributed by atoms with E-state index in [1.807, 2.05) is 0 Å². The summed E-state index contributed by atoms with van der Waals surface area (Å²) in [6.07, 6.45) is 1.41. The van der Waals surface area contributed by atoms with Crippen LogP contribution >= 0.6 is 11.3 Å². The molecule has 0 saturated heterocycles. The quantitative estimate of drug-likeness (QED) is 0.276. The summed E-state index contributed by atoms with van der Waals surface area (Å²) in [7, 11) is 0. The van der Waals surface area contributed by atoms with Crippen molar-refractivity contribution in [3.8, 4) is 0 Å². The van der Waals surface area contributed by atoms with Crippen LogP contribution < -0.4 is 10.3 Å². The second kappa shape index (κ2) is 7.61. The summed E-state index contributed by atoms with van der Waals surface area (Å²) in [4.78, 5) is 54.4. The maximum absolute atomic E-state index is 13.4. The largest absolute Gasteiger partial charge is 0.477 e. The predicted molar refractivity (Wildman–Crippen MR) is 130 cm³/mol. The van der Waals surface area contributed by atoms with Gasteiger partial charge in [0.2, 0.25) is 5.43 Å². The highest BCUT2D eigenvalue weighted by atomic mass is 32.1. The van der Waals surface area contributed by atoms with Crippen LogP contribution in [0.25, 0.3) is 25.9 Å². The molecule has 2 N–H and O–H groups in total. The van der Waals surface area contributed by atoms with Crippen LogP contribution in [0.5, 0.6) is 0 Å². The molecule has 0 amide bonds. The standard InChI is InChI=1S/C23H15N5O7S/c29-20-11-7-15(25-5-6-26-9-12(22(30)31)24-18(26)10-25)16(28(34)35)8-14(11)27-13-3-1-2-4-17(13)36-21(27)19(20)23(32)33/h1-4,7-9H,5-6,10H2,(H,30,31)(H,32,33). The van der Waals surface area contributed by atoms with Gasteiger partial charge in [-0.05, 0) is 18.2 Å². The Bertz CT molecular complexity index is 1850. The fourth-order valence-corrected chi connectivity index (χ4v) is 5.89. The van der Waals surface area contributed by atoms with Gasteiger partial charge in [-0.1, -0.05) is 12.1 Å². The van der Waals surface area contributed by atoms with Gasteiger partial charge >= 0.3 is 11.9 Å². The smallest absolute Gasteiger partial charge is 0.356 e. The Morgan fingerprint density at radius 3 is 2.58 bits per heavy atom. The molecule has 4 heterocycles. The zero-order chi connectivity index (χ0) is 25.3. The number of carboxylic acid groups (broad SMARTS) is 2. The van der Waals surface area contributed by atoms with Crippen LogP contribution in [-0.4, -0.2) is 47.6 Å². The Kier molecular flexibility index (Phi) is 4.60. The average Bonchev–Trinajstić information content (AvgIpc) is 3.44. The van der Waals surface area contributed by atoms with Gasteiger partial charge in [0, 0.05) is 30.7 Å². The van der Waals surface area contributed by atoms with Gasteiger partial charge in [-0.15, -0.1) is 11.3 Å². The number of aromatic carboxylic acids is 2. The van der Waals surface area contributed by atoms with Crippen LogP contribution in [0.3, 0.4) is 0 Å². The molecule has 2 aromatic carbocycles. The third kappa shape index (κ3) is 3.06. The lowest BCUT2D eigenvalue weighted by molar-refractivity contribution is -0.384. The number of aromatic nitrogens is 3. The molecular weight excluding hydrogens is 490 g/mol. The summed E-state index contributed by atoms with van der Waals surface area (Å²) in [5, 5.41) is 31.3. The number of fused-ring (bicyclic) bond motifs is 6. The molecule has 0 saturated carbocycles. The number of anilines is 1. The lowest BCUT2D eigenvalue weighted by Crippen LogP contribution is -2.34. The maximum atomic E-state index is 13.4. The van der Waals surface area contributed by atoms with Gasteiger partial charge in [-0.2, -0.15) is 0 Å². The fraction of sp³-hybridized carbons (Fsp3) is 0.130. The molecule has 6 rings (SSSR count). The molecular formula is C23H15N5O7S. The van der Waals surface area contributed by atoms with Crippen molar-refractivity contribution in [3.05, 3.63) is 80.0 Å². The summed E-state index contributed by atoms with van der Waals surface area (Å²) in [6, 6.07) is 9.77. The summed E-state index contributed by atoms with van der Waals surface area (Å²) in [5.41, 5.74) is -0.515. The number of nitrogens with zero attached hydrogens (tertiary/aromatic N) is 5. The highest BCUT2D eigenvalue weighted by Crippen LogP contribution is 2.37. The van der Waals surface area contributed by atoms with Crippen LogP contribution in [0.2, 0.25) is 0 Å². The fourth-order valence-electron chi connectivity index (χ4n) is 4.70. The third-order valence-electron chi connectivity index (χ3n) is 6.31. The van der Waals surface area contributed by atoms with Crippen LogP contribution in [0, 0.1) is 10.1 Å². The van der Waals surface area contributed by atoms with Crippen molar-refractivity contribution in [2.45, 2.75) is 13.1 Å². The number of rotatable bonds is 4. The van der Waals surface area contributed by atoms with E-state index in [4.69, 9.17) is 0 Å². The van der Waals surface area contributed by atoms with E-state index in [-0.39, 0.29) is 39.3 Å². The first-order valence-electron chi connectivity index (χ1n) is 10.7. The van der Waals surface area contributed by atoms with Gasteiger partial charge in [0.05, 0.1) is 27.2 Å². The SMILES string of the molecule is O=C(O)c1cn2c(n1)CN(c1cc3c(=O)c(C(=O)O)c4sc5ccccc5n4c3cc1[N+](=O)[O-])CC2. The molecule has 1 aliphatic heterocycles. The Morgan fingerprint density at radius 1 is 1.08 bits per heavy atom. The van der Waals surface area contributed by atoms with Gasteiger partial charge in [-0.25, -0.2) is 14.6 Å². The average molecular weight is 505 g/mol. The molecule has 13 heteroatoms. The Labute approximate surface area is 204 Å². The van der Waals surface area contributed by atoms with Crippen molar-refractivity contribution in [1.29, 1.82) is 0 Å². The van der Waals surface area contributed by atoms with Crippen molar-refractivity contribution in [2.75, 3.05) is 11.4 Å². The maximum Gasteiger partial charge on any atom is 0.356 e. The number of thiazole rings is 1.